The highest BCUT2D eigenvalue weighted by molar-refractivity contribution is 14.1. The van der Waals surface area contributed by atoms with E-state index in [1.165, 1.54) is 24.3 Å². The predicted molar refractivity (Wildman–Crippen MR) is 127 cm³/mol. The van der Waals surface area contributed by atoms with Crippen LogP contribution in [0.1, 0.15) is 26.9 Å². The first-order valence-corrected chi connectivity index (χ1v) is 11.3. The summed E-state index contributed by atoms with van der Waals surface area (Å²) < 4.78 is 47.7. The Labute approximate surface area is 211 Å². The maximum Gasteiger partial charge on any atom is 0.351 e. The van der Waals surface area contributed by atoms with Crippen LogP contribution in [-0.4, -0.2) is 46.2 Å². The molecular formula is C23H18F2IN3O6. The van der Waals surface area contributed by atoms with Gasteiger partial charge in [0.2, 0.25) is 6.23 Å². The zero-order valence-electron chi connectivity index (χ0n) is 17.8. The average molecular weight is 597 g/mol. The summed E-state index contributed by atoms with van der Waals surface area (Å²) in [5.74, 6) is -5.83. The van der Waals surface area contributed by atoms with Crippen molar-refractivity contribution in [3.63, 3.8) is 0 Å². The zero-order chi connectivity index (χ0) is 25.2. The van der Waals surface area contributed by atoms with E-state index in [2.05, 4.69) is 4.98 Å². The topological polar surface area (TPSA) is 123 Å². The molecule has 3 atom stereocenters. The van der Waals surface area contributed by atoms with E-state index in [1.807, 2.05) is 0 Å². The van der Waals surface area contributed by atoms with Crippen molar-refractivity contribution in [3.05, 3.63) is 92.0 Å². The summed E-state index contributed by atoms with van der Waals surface area (Å²) in [6.45, 7) is -0.666. The maximum absolute atomic E-state index is 15.6. The normalized spacial score (nSPS) is 20.8. The number of ether oxygens (including phenoxy) is 3. The first-order chi connectivity index (χ1) is 16.7. The second kappa shape index (κ2) is 10.1. The smallest absolute Gasteiger partial charge is 0.351 e. The minimum atomic E-state index is -3.89. The summed E-state index contributed by atoms with van der Waals surface area (Å²) >= 11 is 1.73. The fraction of sp³-hybridized carbons (Fsp3) is 0.217. The number of benzene rings is 2. The summed E-state index contributed by atoms with van der Waals surface area (Å²) in [5, 5.41) is 0. The molecule has 0 bridgehead atoms. The van der Waals surface area contributed by atoms with Crippen LogP contribution in [0.15, 0.2) is 71.7 Å². The van der Waals surface area contributed by atoms with Gasteiger partial charge in [-0.15, -0.1) is 0 Å². The fourth-order valence-electron chi connectivity index (χ4n) is 3.45. The Bertz CT molecular complexity index is 1290. The van der Waals surface area contributed by atoms with Crippen molar-refractivity contribution in [1.82, 2.24) is 9.55 Å². The van der Waals surface area contributed by atoms with Crippen LogP contribution in [-0.2, 0) is 14.2 Å². The Balaban J connectivity index is 1.63. The quantitative estimate of drug-likeness (QED) is 0.340. The number of aromatic nitrogens is 2. The molecule has 0 aliphatic carbocycles. The summed E-state index contributed by atoms with van der Waals surface area (Å²) in [4.78, 5) is 40.8. The van der Waals surface area contributed by atoms with Crippen molar-refractivity contribution >= 4 is 40.3 Å². The number of nitrogens with two attached hydrogens (primary N) is 1. The number of anilines is 1. The Morgan fingerprint density at radius 1 is 1.06 bits per heavy atom. The van der Waals surface area contributed by atoms with Crippen LogP contribution in [0.3, 0.4) is 0 Å². The molecule has 12 heteroatoms. The van der Waals surface area contributed by atoms with E-state index >= 15 is 8.78 Å². The van der Waals surface area contributed by atoms with E-state index in [4.69, 9.17) is 19.9 Å². The number of carbonyl (C=O) groups is 2. The molecule has 2 aromatic carbocycles. The molecule has 1 saturated heterocycles. The van der Waals surface area contributed by atoms with Crippen LogP contribution in [0.25, 0.3) is 0 Å². The van der Waals surface area contributed by atoms with E-state index in [0.717, 1.165) is 6.20 Å². The zero-order valence-corrected chi connectivity index (χ0v) is 20.0. The first kappa shape index (κ1) is 24.7. The van der Waals surface area contributed by atoms with Crippen LogP contribution >= 0.6 is 22.6 Å². The molecule has 0 amide bonds. The minimum Gasteiger partial charge on any atom is -0.459 e. The van der Waals surface area contributed by atoms with E-state index in [9.17, 15) is 14.4 Å². The highest BCUT2D eigenvalue weighted by Crippen LogP contribution is 2.44. The number of hydrogen-bond acceptors (Lipinski definition) is 8. The molecule has 0 saturated carbocycles. The number of nitrogens with zero attached hydrogens (tertiary/aromatic N) is 2. The summed E-state index contributed by atoms with van der Waals surface area (Å²) in [6, 6.07) is 15.4. The lowest BCUT2D eigenvalue weighted by molar-refractivity contribution is -0.142. The fourth-order valence-corrected chi connectivity index (χ4v) is 3.87. The maximum atomic E-state index is 15.6. The lowest BCUT2D eigenvalue weighted by atomic mass is 10.1. The number of halogens is 3. The lowest BCUT2D eigenvalue weighted by Gasteiger charge is -2.24. The second-order valence-electron chi connectivity index (χ2n) is 7.52. The van der Waals surface area contributed by atoms with Gasteiger partial charge in [-0.25, -0.2) is 14.4 Å². The van der Waals surface area contributed by atoms with E-state index < -0.39 is 48.6 Å². The van der Waals surface area contributed by atoms with E-state index in [-0.39, 0.29) is 20.5 Å². The summed E-state index contributed by atoms with van der Waals surface area (Å²) in [6.07, 6.45) is -4.88. The third-order valence-corrected chi connectivity index (χ3v) is 6.00. The SMILES string of the molecule is Nc1nc(=O)n([C@H]2O[C@@H](COC(=O)c3ccccc3)[C@H](OC(=O)c3ccccc3)C2(F)F)cc1I. The van der Waals surface area contributed by atoms with Gasteiger partial charge in [-0.3, -0.25) is 4.57 Å². The lowest BCUT2D eigenvalue weighted by Crippen LogP contribution is -2.45. The Morgan fingerprint density at radius 2 is 1.63 bits per heavy atom. The highest BCUT2D eigenvalue weighted by atomic mass is 127. The van der Waals surface area contributed by atoms with Crippen LogP contribution < -0.4 is 11.4 Å². The van der Waals surface area contributed by atoms with Crippen molar-refractivity contribution in [2.45, 2.75) is 24.4 Å². The number of nitrogen functional groups attached to an aromatic ring is 1. The van der Waals surface area contributed by atoms with Crippen molar-refractivity contribution in [1.29, 1.82) is 0 Å². The molecule has 2 N–H and O–H groups in total. The van der Waals surface area contributed by atoms with Crippen LogP contribution in [0.5, 0.6) is 0 Å². The minimum absolute atomic E-state index is 0.0349. The summed E-state index contributed by atoms with van der Waals surface area (Å²) in [7, 11) is 0. The molecule has 0 spiro atoms. The van der Waals surface area contributed by atoms with Crippen molar-refractivity contribution in [3.8, 4) is 0 Å². The van der Waals surface area contributed by atoms with Gasteiger partial charge in [-0.1, -0.05) is 36.4 Å². The molecule has 1 aromatic heterocycles. The van der Waals surface area contributed by atoms with Crippen molar-refractivity contribution in [2.24, 2.45) is 0 Å². The van der Waals surface area contributed by atoms with E-state index in [1.54, 1.807) is 59.0 Å². The molecular weight excluding hydrogens is 579 g/mol. The van der Waals surface area contributed by atoms with Gasteiger partial charge in [0.1, 0.15) is 18.5 Å². The largest absolute Gasteiger partial charge is 0.459 e. The Hall–Kier alpha value is -3.39. The Morgan fingerprint density at radius 3 is 2.23 bits per heavy atom. The molecule has 4 rings (SSSR count). The molecule has 2 heterocycles. The molecule has 1 fully saturated rings. The van der Waals surface area contributed by atoms with Crippen molar-refractivity contribution in [2.75, 3.05) is 12.3 Å². The number of alkyl halides is 2. The van der Waals surface area contributed by atoms with Gasteiger partial charge in [0.05, 0.1) is 14.7 Å². The van der Waals surface area contributed by atoms with Crippen LogP contribution in [0.2, 0.25) is 0 Å². The molecule has 1 aliphatic heterocycles. The second-order valence-corrected chi connectivity index (χ2v) is 8.68. The van der Waals surface area contributed by atoms with Crippen molar-refractivity contribution < 1.29 is 32.6 Å². The van der Waals surface area contributed by atoms with Gasteiger partial charge in [0, 0.05) is 6.20 Å². The molecule has 9 nitrogen and oxygen atoms in total. The number of rotatable bonds is 6. The number of esters is 2. The first-order valence-electron chi connectivity index (χ1n) is 10.2. The molecule has 1 aliphatic rings. The standard InChI is InChI=1S/C23H18F2IN3O6/c24-23(25)17(35-20(31)14-9-5-2-6-10-14)16(12-33-19(30)13-7-3-1-4-8-13)34-21(23)29-11-15(26)18(27)28-22(29)32/h1-11,16-17,21H,12H2,(H2,27,28,32)/t16-,17-,21-/m0/s1. The molecule has 35 heavy (non-hydrogen) atoms. The monoisotopic (exact) mass is 597 g/mol. The molecule has 0 radical (unpaired) electrons. The predicted octanol–water partition coefficient (Wildman–Crippen LogP) is 3.05. The number of carbonyl (C=O) groups excluding carboxylic acids is 2. The van der Waals surface area contributed by atoms with Gasteiger partial charge < -0.3 is 19.9 Å². The van der Waals surface area contributed by atoms with Crippen LogP contribution in [0.4, 0.5) is 14.6 Å². The molecule has 3 aromatic rings. The molecule has 182 valence electrons. The van der Waals surface area contributed by atoms with Gasteiger partial charge in [-0.05, 0) is 46.9 Å². The van der Waals surface area contributed by atoms with Gasteiger partial charge in [0.15, 0.2) is 6.10 Å². The Kier molecular flexibility index (Phi) is 7.12. The molecule has 0 unspecified atom stereocenters. The van der Waals surface area contributed by atoms with Gasteiger partial charge >= 0.3 is 23.6 Å². The third kappa shape index (κ3) is 5.17. The van der Waals surface area contributed by atoms with Crippen LogP contribution in [0, 0.1) is 3.57 Å². The summed E-state index contributed by atoms with van der Waals surface area (Å²) in [5.41, 5.74) is 4.74. The highest BCUT2D eigenvalue weighted by Gasteiger charge is 2.63. The van der Waals surface area contributed by atoms with E-state index in [0.29, 0.717) is 4.57 Å². The average Bonchev–Trinajstić information content (AvgIpc) is 3.10. The van der Waals surface area contributed by atoms with Gasteiger partial charge in [0.25, 0.3) is 0 Å². The van der Waals surface area contributed by atoms with Gasteiger partial charge in [-0.2, -0.15) is 13.8 Å². The third-order valence-electron chi connectivity index (χ3n) is 5.17. The number of hydrogen-bond donors (Lipinski definition) is 1.